The van der Waals surface area contributed by atoms with Crippen LogP contribution in [-0.4, -0.2) is 23.6 Å². The van der Waals surface area contributed by atoms with Crippen LogP contribution in [0.25, 0.3) is 0 Å². The Bertz CT molecular complexity index is 350. The number of methoxy groups -OCH3 is 1. The molecule has 1 aliphatic rings. The zero-order valence-electron chi connectivity index (χ0n) is 9.28. The van der Waals surface area contributed by atoms with Crippen LogP contribution in [0.3, 0.4) is 0 Å². The molecule has 2 rings (SSSR count). The molecule has 5 heteroatoms. The Labute approximate surface area is 94.0 Å². The molecule has 0 spiro atoms. The Morgan fingerprint density at radius 2 is 2.40 bits per heavy atom. The molecule has 1 aromatic heterocycles. The summed E-state index contributed by atoms with van der Waals surface area (Å²) in [6, 6.07) is 2.32. The summed E-state index contributed by atoms with van der Waals surface area (Å²) in [5.74, 6) is 0.586. The minimum Gasteiger partial charge on any atom is -0.383 e. The number of ether oxygens (including phenoxy) is 1. The van der Waals surface area contributed by atoms with Crippen molar-refractivity contribution >= 4 is 22.4 Å². The van der Waals surface area contributed by atoms with Crippen LogP contribution in [-0.2, 0) is 4.74 Å². The van der Waals surface area contributed by atoms with Gasteiger partial charge >= 0.3 is 0 Å². The lowest BCUT2D eigenvalue weighted by atomic mass is 9.64. The van der Waals surface area contributed by atoms with Crippen molar-refractivity contribution in [1.29, 1.82) is 0 Å². The Kier molecular flexibility index (Phi) is 2.60. The van der Waals surface area contributed by atoms with Gasteiger partial charge in [-0.15, -0.1) is 0 Å². The molecule has 1 aliphatic carbocycles. The van der Waals surface area contributed by atoms with E-state index in [-0.39, 0.29) is 5.41 Å². The molecule has 1 aromatic rings. The van der Waals surface area contributed by atoms with Crippen LogP contribution >= 0.6 is 11.5 Å². The predicted octanol–water partition coefficient (Wildman–Crippen LogP) is 1.95. The summed E-state index contributed by atoms with van der Waals surface area (Å²) >= 11 is 1.41. The molecule has 0 aliphatic heterocycles. The summed E-state index contributed by atoms with van der Waals surface area (Å²) in [5.41, 5.74) is 5.74. The summed E-state index contributed by atoms with van der Waals surface area (Å²) in [7, 11) is 1.77. The molecule has 2 unspecified atom stereocenters. The number of aromatic nitrogens is 1. The van der Waals surface area contributed by atoms with Gasteiger partial charge in [-0.1, -0.05) is 13.8 Å². The van der Waals surface area contributed by atoms with Gasteiger partial charge in [-0.2, -0.15) is 4.37 Å². The third-order valence-corrected chi connectivity index (χ3v) is 4.04. The van der Waals surface area contributed by atoms with E-state index in [0.29, 0.717) is 18.0 Å². The first-order valence-electron chi connectivity index (χ1n) is 5.05. The van der Waals surface area contributed by atoms with Crippen LogP contribution in [0.1, 0.15) is 20.3 Å². The van der Waals surface area contributed by atoms with Crippen molar-refractivity contribution in [2.45, 2.75) is 32.4 Å². The van der Waals surface area contributed by atoms with Gasteiger partial charge in [0.25, 0.3) is 0 Å². The van der Waals surface area contributed by atoms with Crippen LogP contribution in [0.15, 0.2) is 6.07 Å². The lowest BCUT2D eigenvalue weighted by molar-refractivity contribution is -0.0793. The molecule has 15 heavy (non-hydrogen) atoms. The van der Waals surface area contributed by atoms with E-state index in [1.807, 2.05) is 6.07 Å². The number of nitrogens with one attached hydrogen (secondary N) is 1. The van der Waals surface area contributed by atoms with Gasteiger partial charge < -0.3 is 15.8 Å². The molecule has 0 aromatic carbocycles. The molecule has 2 atom stereocenters. The quantitative estimate of drug-likeness (QED) is 0.828. The van der Waals surface area contributed by atoms with Crippen molar-refractivity contribution in [3.8, 4) is 0 Å². The van der Waals surface area contributed by atoms with Gasteiger partial charge in [0.15, 0.2) is 0 Å². The van der Waals surface area contributed by atoms with Crippen LogP contribution in [0.5, 0.6) is 0 Å². The van der Waals surface area contributed by atoms with E-state index in [0.717, 1.165) is 11.4 Å². The van der Waals surface area contributed by atoms with E-state index in [9.17, 15) is 0 Å². The highest BCUT2D eigenvalue weighted by molar-refractivity contribution is 7.10. The number of nitrogens with two attached hydrogens (primary N) is 1. The molecule has 4 nitrogen and oxygen atoms in total. The first kappa shape index (κ1) is 10.7. The second kappa shape index (κ2) is 3.64. The van der Waals surface area contributed by atoms with Gasteiger partial charge in [-0.05, 0) is 18.0 Å². The lowest BCUT2D eigenvalue weighted by Gasteiger charge is -2.51. The minimum atomic E-state index is 0.174. The van der Waals surface area contributed by atoms with Crippen LogP contribution in [0.2, 0.25) is 0 Å². The second-order valence-corrected chi connectivity index (χ2v) is 5.40. The first-order valence-corrected chi connectivity index (χ1v) is 5.83. The highest BCUT2D eigenvalue weighted by Crippen LogP contribution is 2.44. The molecule has 1 fully saturated rings. The van der Waals surface area contributed by atoms with Crippen LogP contribution in [0, 0.1) is 5.41 Å². The highest BCUT2D eigenvalue weighted by Gasteiger charge is 2.48. The van der Waals surface area contributed by atoms with Crippen molar-refractivity contribution in [1.82, 2.24) is 4.37 Å². The summed E-state index contributed by atoms with van der Waals surface area (Å²) in [4.78, 5) is 0. The monoisotopic (exact) mass is 227 g/mol. The standard InChI is InChI=1S/C10H17N3OS/c1-10(2)6(4-7(10)14-3)12-9-5-8(11)13-15-9/h5-7,12H,4H2,1-3H3,(H2,11,13). The molecule has 0 radical (unpaired) electrons. The van der Waals surface area contributed by atoms with Gasteiger partial charge in [-0.25, -0.2) is 0 Å². The number of rotatable bonds is 3. The lowest BCUT2D eigenvalue weighted by Crippen LogP contribution is -2.57. The molecule has 0 amide bonds. The third kappa shape index (κ3) is 1.81. The Morgan fingerprint density at radius 1 is 1.67 bits per heavy atom. The molecule has 84 valence electrons. The van der Waals surface area contributed by atoms with E-state index in [1.54, 1.807) is 7.11 Å². The summed E-state index contributed by atoms with van der Waals surface area (Å²) < 4.78 is 9.44. The van der Waals surface area contributed by atoms with Crippen molar-refractivity contribution in [3.05, 3.63) is 6.07 Å². The summed E-state index contributed by atoms with van der Waals surface area (Å²) in [6.07, 6.45) is 1.39. The molecule has 1 heterocycles. The number of anilines is 2. The van der Waals surface area contributed by atoms with Gasteiger partial charge in [0.05, 0.1) is 6.10 Å². The topological polar surface area (TPSA) is 60.2 Å². The van der Waals surface area contributed by atoms with Crippen molar-refractivity contribution in [3.63, 3.8) is 0 Å². The fraction of sp³-hybridized carbons (Fsp3) is 0.700. The third-order valence-electron chi connectivity index (χ3n) is 3.31. The van der Waals surface area contributed by atoms with Gasteiger partial charge in [0, 0.05) is 24.6 Å². The van der Waals surface area contributed by atoms with E-state index in [4.69, 9.17) is 10.5 Å². The second-order valence-electron chi connectivity index (χ2n) is 4.59. The Morgan fingerprint density at radius 3 is 2.87 bits per heavy atom. The zero-order chi connectivity index (χ0) is 11.1. The fourth-order valence-corrected chi connectivity index (χ4v) is 2.68. The Balaban J connectivity index is 1.98. The number of nitrogen functional groups attached to an aromatic ring is 1. The average molecular weight is 227 g/mol. The fourth-order valence-electron chi connectivity index (χ4n) is 2.06. The van der Waals surface area contributed by atoms with Crippen molar-refractivity contribution < 1.29 is 4.74 Å². The highest BCUT2D eigenvalue weighted by atomic mass is 32.1. The van der Waals surface area contributed by atoms with Gasteiger partial charge in [0.1, 0.15) is 10.8 Å². The van der Waals surface area contributed by atoms with E-state index in [2.05, 4.69) is 23.5 Å². The molecule has 0 saturated heterocycles. The van der Waals surface area contributed by atoms with Gasteiger partial charge in [0.2, 0.25) is 0 Å². The Hall–Kier alpha value is -0.810. The molecular weight excluding hydrogens is 210 g/mol. The zero-order valence-corrected chi connectivity index (χ0v) is 10.1. The largest absolute Gasteiger partial charge is 0.383 e. The van der Waals surface area contributed by atoms with Crippen molar-refractivity contribution in [2.75, 3.05) is 18.2 Å². The minimum absolute atomic E-state index is 0.174. The van der Waals surface area contributed by atoms with E-state index >= 15 is 0 Å². The summed E-state index contributed by atoms with van der Waals surface area (Å²) in [5, 5.41) is 4.49. The molecular formula is C10H17N3OS. The maximum absolute atomic E-state index is 5.57. The molecule has 0 bridgehead atoms. The number of hydrogen-bond acceptors (Lipinski definition) is 5. The maximum Gasteiger partial charge on any atom is 0.139 e. The van der Waals surface area contributed by atoms with Crippen LogP contribution < -0.4 is 11.1 Å². The normalized spacial score (nSPS) is 28.5. The molecule has 1 saturated carbocycles. The van der Waals surface area contributed by atoms with E-state index < -0.39 is 0 Å². The summed E-state index contributed by atoms with van der Waals surface area (Å²) in [6.45, 7) is 4.43. The first-order chi connectivity index (χ1) is 7.04. The molecule has 3 N–H and O–H groups in total. The smallest absolute Gasteiger partial charge is 0.139 e. The SMILES string of the molecule is COC1CC(Nc2cc(N)ns2)C1(C)C. The average Bonchev–Trinajstić information content (AvgIpc) is 2.58. The number of hydrogen-bond donors (Lipinski definition) is 2. The maximum atomic E-state index is 5.57. The van der Waals surface area contributed by atoms with E-state index in [1.165, 1.54) is 11.5 Å². The predicted molar refractivity (Wildman–Crippen MR) is 63.1 cm³/mol. The van der Waals surface area contributed by atoms with Crippen LogP contribution in [0.4, 0.5) is 10.8 Å². The number of nitrogens with zero attached hydrogens (tertiary/aromatic N) is 1. The van der Waals surface area contributed by atoms with Crippen molar-refractivity contribution in [2.24, 2.45) is 5.41 Å². The van der Waals surface area contributed by atoms with Gasteiger partial charge in [-0.3, -0.25) is 0 Å².